The van der Waals surface area contributed by atoms with Gasteiger partial charge in [-0.1, -0.05) is 19.1 Å². The largest absolute Gasteiger partial charge is 0.418 e. The van der Waals surface area contributed by atoms with E-state index in [0.29, 0.717) is 23.5 Å². The summed E-state index contributed by atoms with van der Waals surface area (Å²) in [6, 6.07) is 12.5. The maximum absolute atomic E-state index is 13.5. The topological polar surface area (TPSA) is 68.2 Å². The Morgan fingerprint density at radius 3 is 2.25 bits per heavy atom. The molecule has 170 valence electrons. The zero-order valence-corrected chi connectivity index (χ0v) is 18.6. The predicted octanol–water partition coefficient (Wildman–Crippen LogP) is 5.55. The zero-order valence-electron chi connectivity index (χ0n) is 17.8. The van der Waals surface area contributed by atoms with Gasteiger partial charge in [-0.15, -0.1) is 0 Å². The normalized spacial score (nSPS) is 12.1. The van der Waals surface area contributed by atoms with Crippen LogP contribution < -0.4 is 5.32 Å². The first-order valence-electron chi connectivity index (χ1n) is 9.95. The van der Waals surface area contributed by atoms with E-state index in [1.807, 2.05) is 0 Å². The quantitative estimate of drug-likeness (QED) is 0.520. The standard InChI is InChI=1S/C23H23F3N2O3S/c1-4-13-32(30,31)18-11-9-17(10-12-18)27-22(29)19-14-15(2)28(16(19)3)21-8-6-5-7-20(21)23(24,25)26/h5-12,14H,4,13H2,1-3H3,(H,27,29). The summed E-state index contributed by atoms with van der Waals surface area (Å²) in [4.78, 5) is 13.0. The molecule has 0 aliphatic heterocycles. The molecule has 0 fully saturated rings. The Bertz CT molecular complexity index is 1240. The summed E-state index contributed by atoms with van der Waals surface area (Å²) in [5.74, 6) is -0.470. The van der Waals surface area contributed by atoms with E-state index in [-0.39, 0.29) is 21.9 Å². The molecule has 0 bridgehead atoms. The molecule has 1 amide bonds. The van der Waals surface area contributed by atoms with Crippen LogP contribution in [0.15, 0.2) is 59.5 Å². The Morgan fingerprint density at radius 1 is 1.03 bits per heavy atom. The first-order valence-corrected chi connectivity index (χ1v) is 11.6. The van der Waals surface area contributed by atoms with Gasteiger partial charge in [0.15, 0.2) is 9.84 Å². The Morgan fingerprint density at radius 2 is 1.66 bits per heavy atom. The molecular formula is C23H23F3N2O3S. The number of para-hydroxylation sites is 1. The van der Waals surface area contributed by atoms with E-state index in [1.165, 1.54) is 53.1 Å². The van der Waals surface area contributed by atoms with Gasteiger partial charge in [0.25, 0.3) is 5.91 Å². The summed E-state index contributed by atoms with van der Waals surface area (Å²) >= 11 is 0. The highest BCUT2D eigenvalue weighted by Crippen LogP contribution is 2.35. The number of nitrogens with zero attached hydrogens (tertiary/aromatic N) is 1. The minimum Gasteiger partial charge on any atom is -0.322 e. The molecule has 1 aromatic heterocycles. The second-order valence-corrected chi connectivity index (χ2v) is 9.54. The number of alkyl halides is 3. The van der Waals surface area contributed by atoms with Crippen molar-refractivity contribution in [3.05, 3.63) is 77.1 Å². The summed E-state index contributed by atoms with van der Waals surface area (Å²) < 4.78 is 66.1. The molecule has 2 aromatic carbocycles. The molecule has 3 aromatic rings. The number of halogens is 3. The summed E-state index contributed by atoms with van der Waals surface area (Å²) in [5.41, 5.74) is 0.592. The Kier molecular flexibility index (Phi) is 6.50. The van der Waals surface area contributed by atoms with Gasteiger partial charge in [-0.05, 0) is 62.7 Å². The fraction of sp³-hybridized carbons (Fsp3) is 0.261. The molecule has 0 spiro atoms. The Balaban J connectivity index is 1.91. The summed E-state index contributed by atoms with van der Waals surface area (Å²) in [7, 11) is -3.37. The number of anilines is 1. The lowest BCUT2D eigenvalue weighted by molar-refractivity contribution is -0.137. The Hall–Kier alpha value is -3.07. The van der Waals surface area contributed by atoms with E-state index in [9.17, 15) is 26.4 Å². The molecular weight excluding hydrogens is 441 g/mol. The minimum atomic E-state index is -4.54. The third-order valence-corrected chi connectivity index (χ3v) is 7.01. The van der Waals surface area contributed by atoms with Crippen molar-refractivity contribution in [2.45, 2.75) is 38.3 Å². The number of sulfone groups is 1. The van der Waals surface area contributed by atoms with Crippen LogP contribution in [-0.2, 0) is 16.0 Å². The second-order valence-electron chi connectivity index (χ2n) is 7.43. The van der Waals surface area contributed by atoms with Crippen molar-refractivity contribution in [3.8, 4) is 5.69 Å². The number of aromatic nitrogens is 1. The van der Waals surface area contributed by atoms with Gasteiger partial charge in [-0.2, -0.15) is 13.2 Å². The van der Waals surface area contributed by atoms with E-state index < -0.39 is 27.5 Å². The molecule has 1 N–H and O–H groups in total. The smallest absolute Gasteiger partial charge is 0.322 e. The lowest BCUT2D eigenvalue weighted by Crippen LogP contribution is -2.15. The summed E-state index contributed by atoms with van der Waals surface area (Å²) in [5, 5.41) is 2.68. The molecule has 0 aliphatic rings. The molecule has 32 heavy (non-hydrogen) atoms. The number of carbonyl (C=O) groups excluding carboxylic acids is 1. The van der Waals surface area contributed by atoms with E-state index in [1.54, 1.807) is 20.8 Å². The first kappa shape index (κ1) is 23.6. The predicted molar refractivity (Wildman–Crippen MR) is 117 cm³/mol. The number of nitrogens with one attached hydrogen (secondary N) is 1. The number of benzene rings is 2. The lowest BCUT2D eigenvalue weighted by Gasteiger charge is -2.16. The second kappa shape index (κ2) is 8.82. The molecule has 0 saturated carbocycles. The van der Waals surface area contributed by atoms with Crippen LogP contribution in [0.5, 0.6) is 0 Å². The molecule has 0 unspecified atom stereocenters. The fourth-order valence-electron chi connectivity index (χ4n) is 3.60. The highest BCUT2D eigenvalue weighted by atomic mass is 32.2. The summed E-state index contributed by atoms with van der Waals surface area (Å²) in [6.45, 7) is 4.98. The van der Waals surface area contributed by atoms with Crippen LogP contribution in [0.1, 0.15) is 40.7 Å². The Labute approximate surface area is 184 Å². The van der Waals surface area contributed by atoms with Gasteiger partial charge in [-0.25, -0.2) is 8.42 Å². The van der Waals surface area contributed by atoms with Gasteiger partial charge in [0, 0.05) is 17.1 Å². The molecule has 0 atom stereocenters. The molecule has 9 heteroatoms. The number of aryl methyl sites for hydroxylation is 1. The van der Waals surface area contributed by atoms with Crippen LogP contribution in [0, 0.1) is 13.8 Å². The van der Waals surface area contributed by atoms with Crippen LogP contribution >= 0.6 is 0 Å². The van der Waals surface area contributed by atoms with Crippen molar-refractivity contribution in [1.82, 2.24) is 4.57 Å². The van der Waals surface area contributed by atoms with E-state index >= 15 is 0 Å². The summed E-state index contributed by atoms with van der Waals surface area (Å²) in [6.07, 6.45) is -4.05. The highest BCUT2D eigenvalue weighted by molar-refractivity contribution is 7.91. The van der Waals surface area contributed by atoms with Gasteiger partial charge in [-0.3, -0.25) is 4.79 Å². The van der Waals surface area contributed by atoms with Crippen molar-refractivity contribution in [2.75, 3.05) is 11.1 Å². The van der Waals surface area contributed by atoms with Gasteiger partial charge in [0.05, 0.1) is 27.5 Å². The van der Waals surface area contributed by atoms with Crippen LogP contribution in [0.3, 0.4) is 0 Å². The van der Waals surface area contributed by atoms with Crippen LogP contribution in [0.2, 0.25) is 0 Å². The minimum absolute atomic E-state index is 0.0318. The molecule has 0 radical (unpaired) electrons. The monoisotopic (exact) mass is 464 g/mol. The van der Waals surface area contributed by atoms with E-state index in [4.69, 9.17) is 0 Å². The number of hydrogen-bond acceptors (Lipinski definition) is 3. The van der Waals surface area contributed by atoms with Gasteiger partial charge < -0.3 is 9.88 Å². The molecule has 1 heterocycles. The van der Waals surface area contributed by atoms with Crippen molar-refractivity contribution in [2.24, 2.45) is 0 Å². The van der Waals surface area contributed by atoms with Gasteiger partial charge in [0.2, 0.25) is 0 Å². The highest BCUT2D eigenvalue weighted by Gasteiger charge is 2.34. The third kappa shape index (κ3) is 4.72. The SMILES string of the molecule is CCCS(=O)(=O)c1ccc(NC(=O)c2cc(C)n(-c3ccccc3C(F)(F)F)c2C)cc1. The maximum Gasteiger partial charge on any atom is 0.418 e. The average molecular weight is 465 g/mol. The van der Waals surface area contributed by atoms with Gasteiger partial charge in [0.1, 0.15) is 0 Å². The fourth-order valence-corrected chi connectivity index (χ4v) is 4.93. The molecule has 3 rings (SSSR count). The van der Waals surface area contributed by atoms with Crippen molar-refractivity contribution in [1.29, 1.82) is 0 Å². The van der Waals surface area contributed by atoms with Crippen LogP contribution in [0.25, 0.3) is 5.69 Å². The lowest BCUT2D eigenvalue weighted by atomic mass is 10.1. The van der Waals surface area contributed by atoms with Crippen molar-refractivity contribution in [3.63, 3.8) is 0 Å². The van der Waals surface area contributed by atoms with E-state index in [0.717, 1.165) is 6.07 Å². The van der Waals surface area contributed by atoms with Crippen LogP contribution in [0.4, 0.5) is 18.9 Å². The molecule has 5 nitrogen and oxygen atoms in total. The molecule has 0 saturated heterocycles. The number of amides is 1. The number of hydrogen-bond donors (Lipinski definition) is 1. The van der Waals surface area contributed by atoms with Gasteiger partial charge >= 0.3 is 6.18 Å². The average Bonchev–Trinajstić information content (AvgIpc) is 3.02. The number of carbonyl (C=O) groups is 1. The first-order chi connectivity index (χ1) is 15.0. The third-order valence-electron chi connectivity index (χ3n) is 5.07. The van der Waals surface area contributed by atoms with Crippen molar-refractivity contribution >= 4 is 21.4 Å². The molecule has 0 aliphatic carbocycles. The van der Waals surface area contributed by atoms with Crippen LogP contribution in [-0.4, -0.2) is 24.6 Å². The van der Waals surface area contributed by atoms with E-state index in [2.05, 4.69) is 5.32 Å². The zero-order chi connectivity index (χ0) is 23.7. The maximum atomic E-state index is 13.5. The van der Waals surface area contributed by atoms with Crippen molar-refractivity contribution < 1.29 is 26.4 Å². The number of rotatable bonds is 6.